The molecular formula is C12H15BrF3NO. The first-order valence-corrected chi connectivity index (χ1v) is 6.19. The Kier molecular flexibility index (Phi) is 5.47. The van der Waals surface area contributed by atoms with Gasteiger partial charge in [0.25, 0.3) is 0 Å². The molecule has 0 aromatic heterocycles. The number of nitrogens with zero attached hydrogens (tertiary/aromatic N) is 1. The zero-order chi connectivity index (χ0) is 13.8. The van der Waals surface area contributed by atoms with Gasteiger partial charge in [0, 0.05) is 6.54 Å². The second-order valence-corrected chi connectivity index (χ2v) is 4.93. The molecule has 0 fully saturated rings. The molecular weight excluding hydrogens is 311 g/mol. The van der Waals surface area contributed by atoms with Crippen LogP contribution in [0.1, 0.15) is 5.56 Å². The first kappa shape index (κ1) is 15.3. The lowest BCUT2D eigenvalue weighted by Gasteiger charge is -2.18. The van der Waals surface area contributed by atoms with Gasteiger partial charge in [-0.3, -0.25) is 4.90 Å². The molecule has 0 aliphatic carbocycles. The number of hydrogen-bond acceptors (Lipinski definition) is 2. The van der Waals surface area contributed by atoms with Crippen LogP contribution in [0.25, 0.3) is 0 Å². The molecule has 102 valence electrons. The van der Waals surface area contributed by atoms with Crippen LogP contribution in [0.15, 0.2) is 22.7 Å². The first-order valence-electron chi connectivity index (χ1n) is 5.39. The topological polar surface area (TPSA) is 12.5 Å². The predicted octanol–water partition coefficient (Wildman–Crippen LogP) is 3.49. The highest BCUT2D eigenvalue weighted by Crippen LogP contribution is 2.25. The molecule has 0 saturated heterocycles. The van der Waals surface area contributed by atoms with E-state index in [4.69, 9.17) is 4.74 Å². The number of likely N-dealkylation sites (N-methyl/N-ethyl adjacent to an activating group) is 1. The van der Waals surface area contributed by atoms with E-state index in [0.717, 1.165) is 10.0 Å². The molecule has 1 rings (SSSR count). The van der Waals surface area contributed by atoms with E-state index in [0.29, 0.717) is 18.7 Å². The van der Waals surface area contributed by atoms with Crippen molar-refractivity contribution in [1.29, 1.82) is 0 Å². The van der Waals surface area contributed by atoms with Crippen LogP contribution in [0.4, 0.5) is 13.2 Å². The van der Waals surface area contributed by atoms with Crippen molar-refractivity contribution >= 4 is 15.9 Å². The zero-order valence-electron chi connectivity index (χ0n) is 10.2. The summed E-state index contributed by atoms with van der Waals surface area (Å²) >= 11 is 3.34. The van der Waals surface area contributed by atoms with E-state index in [1.54, 1.807) is 13.2 Å². The highest BCUT2D eigenvalue weighted by atomic mass is 79.9. The number of methoxy groups -OCH3 is 1. The number of hydrogen-bond donors (Lipinski definition) is 0. The SMILES string of the molecule is COc1ccc(CCN(C)CC(F)(F)F)cc1Br. The van der Waals surface area contributed by atoms with Crippen molar-refractivity contribution in [2.75, 3.05) is 27.2 Å². The van der Waals surface area contributed by atoms with Crippen LogP contribution >= 0.6 is 15.9 Å². The van der Waals surface area contributed by atoms with Gasteiger partial charge in [-0.1, -0.05) is 6.07 Å². The van der Waals surface area contributed by atoms with Gasteiger partial charge in [0.2, 0.25) is 0 Å². The maximum Gasteiger partial charge on any atom is 0.401 e. The summed E-state index contributed by atoms with van der Waals surface area (Å²) in [5.74, 6) is 0.711. The molecule has 0 aliphatic rings. The van der Waals surface area contributed by atoms with E-state index in [1.165, 1.54) is 11.9 Å². The van der Waals surface area contributed by atoms with E-state index in [1.807, 2.05) is 12.1 Å². The quantitative estimate of drug-likeness (QED) is 0.821. The number of alkyl halides is 3. The van der Waals surface area contributed by atoms with Gasteiger partial charge >= 0.3 is 6.18 Å². The molecule has 0 atom stereocenters. The number of ether oxygens (including phenoxy) is 1. The monoisotopic (exact) mass is 325 g/mol. The summed E-state index contributed by atoms with van der Waals surface area (Å²) in [4.78, 5) is 1.26. The Labute approximate surface area is 113 Å². The van der Waals surface area contributed by atoms with Crippen LogP contribution in [0.3, 0.4) is 0 Å². The lowest BCUT2D eigenvalue weighted by atomic mass is 10.1. The molecule has 0 heterocycles. The van der Waals surface area contributed by atoms with Crippen LogP contribution in [0.2, 0.25) is 0 Å². The minimum absolute atomic E-state index is 0.359. The summed E-state index contributed by atoms with van der Waals surface area (Å²) < 4.78 is 42.3. The standard InChI is InChI=1S/C12H15BrF3NO/c1-17(8-12(14,15)16)6-5-9-3-4-11(18-2)10(13)7-9/h3-4,7H,5-6,8H2,1-2H3. The van der Waals surface area contributed by atoms with Gasteiger partial charge in [-0.15, -0.1) is 0 Å². The van der Waals surface area contributed by atoms with E-state index in [9.17, 15) is 13.2 Å². The fourth-order valence-electron chi connectivity index (χ4n) is 1.57. The van der Waals surface area contributed by atoms with Crippen molar-refractivity contribution in [3.05, 3.63) is 28.2 Å². The smallest absolute Gasteiger partial charge is 0.401 e. The molecule has 0 spiro atoms. The third kappa shape index (κ3) is 5.27. The second kappa shape index (κ2) is 6.43. The maximum absolute atomic E-state index is 12.1. The molecule has 1 aromatic rings. The average molecular weight is 326 g/mol. The van der Waals surface area contributed by atoms with Gasteiger partial charge in [0.15, 0.2) is 0 Å². The average Bonchev–Trinajstić information content (AvgIpc) is 2.24. The number of rotatable bonds is 5. The summed E-state index contributed by atoms with van der Waals surface area (Å²) in [5, 5.41) is 0. The fourth-order valence-corrected chi connectivity index (χ4v) is 2.16. The van der Waals surface area contributed by atoms with Crippen molar-refractivity contribution in [2.45, 2.75) is 12.6 Å². The molecule has 2 nitrogen and oxygen atoms in total. The largest absolute Gasteiger partial charge is 0.496 e. The van der Waals surface area contributed by atoms with Crippen molar-refractivity contribution in [2.24, 2.45) is 0 Å². The van der Waals surface area contributed by atoms with E-state index in [-0.39, 0.29) is 0 Å². The molecule has 0 radical (unpaired) electrons. The van der Waals surface area contributed by atoms with Gasteiger partial charge in [0.1, 0.15) is 5.75 Å². The lowest BCUT2D eigenvalue weighted by molar-refractivity contribution is -0.142. The maximum atomic E-state index is 12.1. The predicted molar refractivity (Wildman–Crippen MR) is 68.0 cm³/mol. The van der Waals surface area contributed by atoms with Crippen LogP contribution in [-0.2, 0) is 6.42 Å². The molecule has 6 heteroatoms. The number of benzene rings is 1. The van der Waals surface area contributed by atoms with Crippen LogP contribution in [0, 0.1) is 0 Å². The first-order chi connectivity index (χ1) is 8.31. The Hall–Kier alpha value is -0.750. The van der Waals surface area contributed by atoms with Crippen molar-refractivity contribution in [3.63, 3.8) is 0 Å². The Morgan fingerprint density at radius 1 is 1.33 bits per heavy atom. The Bertz CT molecular complexity index is 395. The Morgan fingerprint density at radius 2 is 2.00 bits per heavy atom. The molecule has 18 heavy (non-hydrogen) atoms. The molecule has 0 saturated carbocycles. The second-order valence-electron chi connectivity index (χ2n) is 4.07. The molecule has 0 aliphatic heterocycles. The lowest BCUT2D eigenvalue weighted by Crippen LogP contribution is -2.32. The minimum atomic E-state index is -4.14. The molecule has 0 bridgehead atoms. The van der Waals surface area contributed by atoms with Crippen molar-refractivity contribution in [1.82, 2.24) is 4.90 Å². The van der Waals surface area contributed by atoms with Gasteiger partial charge in [-0.25, -0.2) is 0 Å². The van der Waals surface area contributed by atoms with Gasteiger partial charge < -0.3 is 4.74 Å². The van der Waals surface area contributed by atoms with E-state index in [2.05, 4.69) is 15.9 Å². The number of halogens is 4. The summed E-state index contributed by atoms with van der Waals surface area (Å²) in [7, 11) is 3.03. The van der Waals surface area contributed by atoms with Crippen LogP contribution in [0.5, 0.6) is 5.75 Å². The molecule has 0 amide bonds. The summed E-state index contributed by atoms with van der Waals surface area (Å²) in [5.41, 5.74) is 0.969. The van der Waals surface area contributed by atoms with Crippen LogP contribution < -0.4 is 4.74 Å². The molecule has 1 aromatic carbocycles. The third-order valence-corrected chi connectivity index (χ3v) is 3.07. The van der Waals surface area contributed by atoms with Gasteiger partial charge in [0.05, 0.1) is 18.1 Å². The Balaban J connectivity index is 2.51. The van der Waals surface area contributed by atoms with Gasteiger partial charge in [-0.2, -0.15) is 13.2 Å². The van der Waals surface area contributed by atoms with E-state index >= 15 is 0 Å². The highest BCUT2D eigenvalue weighted by molar-refractivity contribution is 9.10. The molecule has 0 N–H and O–H groups in total. The normalized spacial score (nSPS) is 11.9. The van der Waals surface area contributed by atoms with Crippen molar-refractivity contribution in [3.8, 4) is 5.75 Å². The summed E-state index contributed by atoms with van der Waals surface area (Å²) in [6.45, 7) is -0.525. The van der Waals surface area contributed by atoms with Gasteiger partial charge in [-0.05, 0) is 47.1 Å². The summed E-state index contributed by atoms with van der Waals surface area (Å²) in [6, 6.07) is 5.51. The minimum Gasteiger partial charge on any atom is -0.496 e. The Morgan fingerprint density at radius 3 is 2.50 bits per heavy atom. The van der Waals surface area contributed by atoms with Crippen molar-refractivity contribution < 1.29 is 17.9 Å². The third-order valence-electron chi connectivity index (χ3n) is 2.45. The fraction of sp³-hybridized carbons (Fsp3) is 0.500. The highest BCUT2D eigenvalue weighted by Gasteiger charge is 2.28. The van der Waals surface area contributed by atoms with Crippen LogP contribution in [-0.4, -0.2) is 38.3 Å². The summed E-state index contributed by atoms with van der Waals surface area (Å²) in [6.07, 6.45) is -3.58. The zero-order valence-corrected chi connectivity index (χ0v) is 11.8. The van der Waals surface area contributed by atoms with E-state index < -0.39 is 12.7 Å². The molecule has 0 unspecified atom stereocenters.